The van der Waals surface area contributed by atoms with Crippen molar-refractivity contribution in [3.05, 3.63) is 59.2 Å². The fourth-order valence-electron chi connectivity index (χ4n) is 3.47. The summed E-state index contributed by atoms with van der Waals surface area (Å²) in [6, 6.07) is 13.7. The third-order valence-electron chi connectivity index (χ3n) is 5.15. The number of nitrogens with zero attached hydrogens (tertiary/aromatic N) is 1. The highest BCUT2D eigenvalue weighted by Gasteiger charge is 2.27. The Morgan fingerprint density at radius 2 is 1.79 bits per heavy atom. The largest absolute Gasteiger partial charge is 0.378 e. The van der Waals surface area contributed by atoms with Gasteiger partial charge in [-0.25, -0.2) is 8.42 Å². The highest BCUT2D eigenvalue weighted by molar-refractivity contribution is 7.92. The summed E-state index contributed by atoms with van der Waals surface area (Å²) in [5.74, 6) is 0.214. The molecule has 1 aliphatic heterocycles. The Bertz CT molecular complexity index is 920. The summed E-state index contributed by atoms with van der Waals surface area (Å²) in [5.41, 5.74) is 3.97. The van der Waals surface area contributed by atoms with Crippen LogP contribution in [0.2, 0.25) is 0 Å². The molecular formula is C23H32N2O3S. The lowest BCUT2D eigenvalue weighted by atomic mass is 10.1. The summed E-state index contributed by atoms with van der Waals surface area (Å²) in [6.45, 7) is 10.9. The van der Waals surface area contributed by atoms with E-state index >= 15 is 0 Å². The van der Waals surface area contributed by atoms with Gasteiger partial charge in [0.05, 0.1) is 29.8 Å². The smallest absolute Gasteiger partial charge is 0.264 e. The first-order valence-electron chi connectivity index (χ1n) is 10.3. The van der Waals surface area contributed by atoms with Crippen LogP contribution in [0.5, 0.6) is 0 Å². The molecule has 2 aromatic carbocycles. The Morgan fingerprint density at radius 1 is 1.10 bits per heavy atom. The number of anilines is 1. The standard InChI is InChI=1S/C23H32N2O3S/c1-17(2)14-25(23-10-5-18(3)13-19(23)4)29(26,27)22-8-6-20(7-9-22)11-12-24-21-15-28-16-21/h5-10,13,17,21,24H,11-12,14-16H2,1-4H3. The second-order valence-electron chi connectivity index (χ2n) is 8.30. The van der Waals surface area contributed by atoms with Crippen molar-refractivity contribution in [2.24, 2.45) is 5.92 Å². The number of sulfonamides is 1. The van der Waals surface area contributed by atoms with Crippen molar-refractivity contribution >= 4 is 15.7 Å². The van der Waals surface area contributed by atoms with E-state index in [2.05, 4.69) is 5.32 Å². The maximum absolute atomic E-state index is 13.5. The molecule has 0 bridgehead atoms. The van der Waals surface area contributed by atoms with E-state index in [1.807, 2.05) is 58.0 Å². The second kappa shape index (κ2) is 9.28. The molecule has 0 aromatic heterocycles. The van der Waals surface area contributed by atoms with E-state index in [1.54, 1.807) is 16.4 Å². The van der Waals surface area contributed by atoms with Gasteiger partial charge < -0.3 is 10.1 Å². The number of aryl methyl sites for hydroxylation is 2. The van der Waals surface area contributed by atoms with Crippen molar-refractivity contribution in [1.29, 1.82) is 0 Å². The SMILES string of the molecule is Cc1ccc(N(CC(C)C)S(=O)(=O)c2ccc(CCNC3COC3)cc2)c(C)c1. The molecule has 1 fully saturated rings. The van der Waals surface area contributed by atoms with Gasteiger partial charge in [-0.15, -0.1) is 0 Å². The van der Waals surface area contributed by atoms with Gasteiger partial charge in [0.25, 0.3) is 10.0 Å². The average Bonchev–Trinajstić information content (AvgIpc) is 2.62. The van der Waals surface area contributed by atoms with Crippen LogP contribution < -0.4 is 9.62 Å². The van der Waals surface area contributed by atoms with Crippen LogP contribution in [0.1, 0.15) is 30.5 Å². The molecule has 1 saturated heterocycles. The monoisotopic (exact) mass is 416 g/mol. The molecule has 29 heavy (non-hydrogen) atoms. The molecular weight excluding hydrogens is 384 g/mol. The molecule has 6 heteroatoms. The molecule has 1 N–H and O–H groups in total. The summed E-state index contributed by atoms with van der Waals surface area (Å²) in [5, 5.41) is 3.43. The maximum atomic E-state index is 13.5. The van der Waals surface area contributed by atoms with Gasteiger partial charge in [0.2, 0.25) is 0 Å². The van der Waals surface area contributed by atoms with Crippen LogP contribution >= 0.6 is 0 Å². The first kappa shape index (κ1) is 21.8. The molecule has 2 aromatic rings. The van der Waals surface area contributed by atoms with Gasteiger partial charge in [0.15, 0.2) is 0 Å². The Hall–Kier alpha value is -1.89. The number of hydrogen-bond acceptors (Lipinski definition) is 4. The third-order valence-corrected chi connectivity index (χ3v) is 6.94. The predicted molar refractivity (Wildman–Crippen MR) is 118 cm³/mol. The highest BCUT2D eigenvalue weighted by atomic mass is 32.2. The minimum absolute atomic E-state index is 0.214. The first-order valence-corrected chi connectivity index (χ1v) is 11.7. The number of nitrogens with one attached hydrogen (secondary N) is 1. The van der Waals surface area contributed by atoms with E-state index in [9.17, 15) is 8.42 Å². The molecule has 0 aliphatic carbocycles. The van der Waals surface area contributed by atoms with Crippen LogP contribution in [-0.4, -0.2) is 40.8 Å². The average molecular weight is 417 g/mol. The lowest BCUT2D eigenvalue weighted by molar-refractivity contribution is -0.00467. The Kier molecular flexibility index (Phi) is 6.98. The van der Waals surface area contributed by atoms with Crippen molar-refractivity contribution in [2.75, 3.05) is 30.6 Å². The molecule has 1 aliphatic rings. The van der Waals surface area contributed by atoms with Crippen molar-refractivity contribution in [3.63, 3.8) is 0 Å². The maximum Gasteiger partial charge on any atom is 0.264 e. The van der Waals surface area contributed by atoms with E-state index in [-0.39, 0.29) is 5.92 Å². The van der Waals surface area contributed by atoms with Gasteiger partial charge in [0, 0.05) is 6.54 Å². The minimum atomic E-state index is -3.63. The highest BCUT2D eigenvalue weighted by Crippen LogP contribution is 2.28. The topological polar surface area (TPSA) is 58.6 Å². The summed E-state index contributed by atoms with van der Waals surface area (Å²) in [7, 11) is -3.63. The van der Waals surface area contributed by atoms with E-state index in [1.165, 1.54) is 0 Å². The van der Waals surface area contributed by atoms with Crippen LogP contribution in [0.4, 0.5) is 5.69 Å². The quantitative estimate of drug-likeness (QED) is 0.677. The molecule has 3 rings (SSSR count). The lowest BCUT2D eigenvalue weighted by Gasteiger charge is -2.28. The molecule has 0 saturated carbocycles. The molecule has 0 spiro atoms. The Labute approximate surface area is 175 Å². The number of hydrogen-bond donors (Lipinski definition) is 1. The molecule has 0 atom stereocenters. The molecule has 0 unspecified atom stereocenters. The van der Waals surface area contributed by atoms with Gasteiger partial charge in [0.1, 0.15) is 0 Å². The molecule has 0 radical (unpaired) electrons. The van der Waals surface area contributed by atoms with Crippen molar-refractivity contribution in [1.82, 2.24) is 5.32 Å². The van der Waals surface area contributed by atoms with Gasteiger partial charge in [-0.1, -0.05) is 43.7 Å². The van der Waals surface area contributed by atoms with Crippen LogP contribution in [0.15, 0.2) is 47.4 Å². The molecule has 1 heterocycles. The number of rotatable bonds is 9. The molecule has 5 nitrogen and oxygen atoms in total. The van der Waals surface area contributed by atoms with Gasteiger partial charge in [-0.3, -0.25) is 4.31 Å². The van der Waals surface area contributed by atoms with Crippen molar-refractivity contribution in [3.8, 4) is 0 Å². The van der Waals surface area contributed by atoms with Crippen molar-refractivity contribution in [2.45, 2.75) is 45.1 Å². The summed E-state index contributed by atoms with van der Waals surface area (Å²) in [6.07, 6.45) is 0.865. The second-order valence-corrected chi connectivity index (χ2v) is 10.2. The number of ether oxygens (including phenoxy) is 1. The number of benzene rings is 2. The first-order chi connectivity index (χ1) is 13.8. The van der Waals surface area contributed by atoms with E-state index in [0.29, 0.717) is 17.5 Å². The Balaban J connectivity index is 1.79. The third kappa shape index (κ3) is 5.38. The molecule has 0 amide bonds. The van der Waals surface area contributed by atoms with E-state index in [0.717, 1.165) is 48.6 Å². The van der Waals surface area contributed by atoms with Gasteiger partial charge in [-0.05, 0) is 62.1 Å². The van der Waals surface area contributed by atoms with Crippen molar-refractivity contribution < 1.29 is 13.2 Å². The normalized spacial score (nSPS) is 14.8. The lowest BCUT2D eigenvalue weighted by Crippen LogP contribution is -2.46. The van der Waals surface area contributed by atoms with Gasteiger partial charge in [-0.2, -0.15) is 0 Å². The summed E-state index contributed by atoms with van der Waals surface area (Å²) in [4.78, 5) is 0.335. The zero-order valence-electron chi connectivity index (χ0n) is 17.8. The predicted octanol–water partition coefficient (Wildman–Crippen LogP) is 3.69. The van der Waals surface area contributed by atoms with Crippen LogP contribution in [-0.2, 0) is 21.2 Å². The molecule has 158 valence electrons. The zero-order valence-corrected chi connectivity index (χ0v) is 18.6. The van der Waals surface area contributed by atoms with E-state index in [4.69, 9.17) is 4.74 Å². The summed E-state index contributed by atoms with van der Waals surface area (Å²) < 4.78 is 33.6. The summed E-state index contributed by atoms with van der Waals surface area (Å²) >= 11 is 0. The zero-order chi connectivity index (χ0) is 21.0. The van der Waals surface area contributed by atoms with Crippen LogP contribution in [0, 0.1) is 19.8 Å². The minimum Gasteiger partial charge on any atom is -0.378 e. The fourth-order valence-corrected chi connectivity index (χ4v) is 5.17. The fraction of sp³-hybridized carbons (Fsp3) is 0.478. The van der Waals surface area contributed by atoms with Gasteiger partial charge >= 0.3 is 0 Å². The van der Waals surface area contributed by atoms with E-state index < -0.39 is 10.0 Å². The van der Waals surface area contributed by atoms with Crippen LogP contribution in [0.3, 0.4) is 0 Å². The Morgan fingerprint density at radius 3 is 2.34 bits per heavy atom. The van der Waals surface area contributed by atoms with Crippen LogP contribution in [0.25, 0.3) is 0 Å².